The van der Waals surface area contributed by atoms with Gasteiger partial charge in [0.2, 0.25) is 5.91 Å². The Morgan fingerprint density at radius 1 is 0.900 bits per heavy atom. The zero-order valence-electron chi connectivity index (χ0n) is 22.5. The van der Waals surface area contributed by atoms with Gasteiger partial charge in [0.05, 0.1) is 23.7 Å². The van der Waals surface area contributed by atoms with Crippen molar-refractivity contribution in [1.29, 1.82) is 0 Å². The number of nitrogens with two attached hydrogens (primary N) is 1. The summed E-state index contributed by atoms with van der Waals surface area (Å²) in [5, 5.41) is 16.8. The number of hydrogen-bond acceptors (Lipinski definition) is 6. The first kappa shape index (κ1) is 28.2. The fraction of sp³-hybridized carbons (Fsp3) is 0.188. The molecule has 0 radical (unpaired) electrons. The first-order valence-electron chi connectivity index (χ1n) is 12.9. The Balaban J connectivity index is 1.62. The molecule has 0 spiro atoms. The van der Waals surface area contributed by atoms with Crippen LogP contribution in [0.25, 0.3) is 10.8 Å². The van der Waals surface area contributed by atoms with Crippen molar-refractivity contribution < 1.29 is 24.2 Å². The number of nitrogens with one attached hydrogen (secondary N) is 2. The molecule has 0 heterocycles. The third kappa shape index (κ3) is 6.98. The average molecular weight is 540 g/mol. The summed E-state index contributed by atoms with van der Waals surface area (Å²) in [6.07, 6.45) is 1.55. The number of carbonyl (C=O) groups is 2. The van der Waals surface area contributed by atoms with Crippen LogP contribution in [0.2, 0.25) is 0 Å². The second kappa shape index (κ2) is 12.8. The Bertz CT molecular complexity index is 1510. The zero-order chi connectivity index (χ0) is 28.5. The van der Waals surface area contributed by atoms with Crippen molar-refractivity contribution in [2.24, 2.45) is 5.41 Å². The Labute approximate surface area is 233 Å². The van der Waals surface area contributed by atoms with Crippen LogP contribution in [-0.2, 0) is 9.53 Å². The number of rotatable bonds is 10. The van der Waals surface area contributed by atoms with Crippen molar-refractivity contribution >= 4 is 39.8 Å². The van der Waals surface area contributed by atoms with Gasteiger partial charge in [0, 0.05) is 16.4 Å². The predicted molar refractivity (Wildman–Crippen MR) is 158 cm³/mol. The molecule has 8 heteroatoms. The van der Waals surface area contributed by atoms with E-state index in [4.69, 9.17) is 15.2 Å². The molecule has 2 amide bonds. The maximum absolute atomic E-state index is 13.3. The van der Waals surface area contributed by atoms with E-state index < -0.39 is 17.6 Å². The predicted octanol–water partition coefficient (Wildman–Crippen LogP) is 6.30. The summed E-state index contributed by atoms with van der Waals surface area (Å²) in [4.78, 5) is 26.0. The number of hydrogen-bond donors (Lipinski definition) is 4. The fourth-order valence-corrected chi connectivity index (χ4v) is 4.34. The minimum atomic E-state index is -0.867. The summed E-state index contributed by atoms with van der Waals surface area (Å²) in [6, 6.07) is 27.5. The summed E-state index contributed by atoms with van der Waals surface area (Å²) < 4.78 is 11.8. The minimum Gasteiger partial charge on any atom is -0.491 e. The SMILES string of the molecule is CC(C)(/C=C/C(=O)Nc1ccccc1N)[C@H](OC(=O)Nc1cccc2ccccc12)c1ccccc1OCCO. The lowest BCUT2D eigenvalue weighted by molar-refractivity contribution is -0.112. The molecule has 4 rings (SSSR count). The van der Waals surface area contributed by atoms with E-state index >= 15 is 0 Å². The number of para-hydroxylation sites is 3. The molecule has 206 valence electrons. The number of aliphatic hydroxyl groups is 1. The Kier molecular flexibility index (Phi) is 9.04. The lowest BCUT2D eigenvalue weighted by Gasteiger charge is -2.32. The monoisotopic (exact) mass is 539 g/mol. The number of anilines is 3. The van der Waals surface area contributed by atoms with Crippen LogP contribution >= 0.6 is 0 Å². The van der Waals surface area contributed by atoms with Gasteiger partial charge in [-0.3, -0.25) is 10.1 Å². The average Bonchev–Trinajstić information content (AvgIpc) is 2.95. The summed E-state index contributed by atoms with van der Waals surface area (Å²) in [7, 11) is 0. The van der Waals surface area contributed by atoms with Crippen LogP contribution in [0.4, 0.5) is 21.9 Å². The third-order valence-corrected chi connectivity index (χ3v) is 6.36. The van der Waals surface area contributed by atoms with E-state index in [2.05, 4.69) is 10.6 Å². The molecule has 40 heavy (non-hydrogen) atoms. The van der Waals surface area contributed by atoms with Crippen LogP contribution < -0.4 is 21.1 Å². The van der Waals surface area contributed by atoms with Gasteiger partial charge in [-0.25, -0.2) is 4.79 Å². The second-order valence-corrected chi connectivity index (χ2v) is 9.78. The van der Waals surface area contributed by atoms with Crippen LogP contribution in [0.3, 0.4) is 0 Å². The van der Waals surface area contributed by atoms with Gasteiger partial charge in [-0.15, -0.1) is 0 Å². The summed E-state index contributed by atoms with van der Waals surface area (Å²) in [5.41, 5.74) is 7.23. The largest absolute Gasteiger partial charge is 0.491 e. The molecule has 0 aliphatic rings. The van der Waals surface area contributed by atoms with Crippen molar-refractivity contribution in [1.82, 2.24) is 0 Å². The van der Waals surface area contributed by atoms with Gasteiger partial charge in [-0.2, -0.15) is 0 Å². The molecule has 8 nitrogen and oxygen atoms in total. The molecule has 4 aromatic rings. The lowest BCUT2D eigenvalue weighted by Crippen LogP contribution is -2.28. The summed E-state index contributed by atoms with van der Waals surface area (Å²) >= 11 is 0. The van der Waals surface area contributed by atoms with Gasteiger partial charge in [0.25, 0.3) is 0 Å². The second-order valence-electron chi connectivity index (χ2n) is 9.78. The Hall–Kier alpha value is -4.82. The molecular formula is C32H33N3O5. The number of benzene rings is 4. The summed E-state index contributed by atoms with van der Waals surface area (Å²) in [6.45, 7) is 3.61. The van der Waals surface area contributed by atoms with Crippen LogP contribution in [0.1, 0.15) is 25.5 Å². The highest BCUT2D eigenvalue weighted by atomic mass is 16.6. The third-order valence-electron chi connectivity index (χ3n) is 6.36. The number of amides is 2. The van der Waals surface area contributed by atoms with Crippen LogP contribution in [-0.4, -0.2) is 30.3 Å². The van der Waals surface area contributed by atoms with Gasteiger partial charge in [0.1, 0.15) is 18.5 Å². The number of aliphatic hydroxyl groups excluding tert-OH is 1. The Morgan fingerprint density at radius 2 is 1.57 bits per heavy atom. The Morgan fingerprint density at radius 3 is 2.38 bits per heavy atom. The lowest BCUT2D eigenvalue weighted by atomic mass is 9.81. The molecule has 0 fully saturated rings. The highest BCUT2D eigenvalue weighted by molar-refractivity contribution is 6.01. The number of ether oxygens (including phenoxy) is 2. The first-order chi connectivity index (χ1) is 19.3. The molecule has 0 unspecified atom stereocenters. The molecule has 0 saturated carbocycles. The van der Waals surface area contributed by atoms with Gasteiger partial charge in [-0.05, 0) is 35.7 Å². The molecule has 0 aliphatic carbocycles. The topological polar surface area (TPSA) is 123 Å². The molecule has 0 aliphatic heterocycles. The fourth-order valence-electron chi connectivity index (χ4n) is 4.34. The minimum absolute atomic E-state index is 0.0725. The van der Waals surface area contributed by atoms with E-state index in [1.807, 2.05) is 62.4 Å². The highest BCUT2D eigenvalue weighted by Crippen LogP contribution is 2.42. The molecule has 0 bridgehead atoms. The molecule has 4 aromatic carbocycles. The van der Waals surface area contributed by atoms with E-state index in [0.29, 0.717) is 28.4 Å². The van der Waals surface area contributed by atoms with E-state index in [-0.39, 0.29) is 19.1 Å². The van der Waals surface area contributed by atoms with Crippen LogP contribution in [0, 0.1) is 5.41 Å². The normalized spacial score (nSPS) is 12.2. The van der Waals surface area contributed by atoms with E-state index in [0.717, 1.165) is 10.8 Å². The van der Waals surface area contributed by atoms with Gasteiger partial charge >= 0.3 is 6.09 Å². The van der Waals surface area contributed by atoms with Crippen LogP contribution in [0.5, 0.6) is 5.75 Å². The van der Waals surface area contributed by atoms with Crippen LogP contribution in [0.15, 0.2) is 103 Å². The van der Waals surface area contributed by atoms with Crippen molar-refractivity contribution in [3.63, 3.8) is 0 Å². The zero-order valence-corrected chi connectivity index (χ0v) is 22.5. The van der Waals surface area contributed by atoms with Crippen molar-refractivity contribution in [2.75, 3.05) is 29.6 Å². The van der Waals surface area contributed by atoms with Gasteiger partial charge in [-0.1, -0.05) is 86.7 Å². The van der Waals surface area contributed by atoms with Gasteiger partial charge in [0.15, 0.2) is 0 Å². The standard InChI is InChI=1S/C32H33N3O5/c1-32(2,19-18-29(37)34-27-15-7-6-14-25(27)33)30(24-13-5-8-17-28(24)39-21-20-36)40-31(38)35-26-16-9-11-22-10-3-4-12-23(22)26/h3-19,30,36H,20-21,33H2,1-2H3,(H,34,37)(H,35,38)/b19-18+/t30-/m1/s1. The van der Waals surface area contributed by atoms with E-state index in [1.54, 1.807) is 48.5 Å². The smallest absolute Gasteiger partial charge is 0.412 e. The van der Waals surface area contributed by atoms with E-state index in [9.17, 15) is 14.7 Å². The van der Waals surface area contributed by atoms with Crippen molar-refractivity contribution in [2.45, 2.75) is 20.0 Å². The number of carbonyl (C=O) groups excluding carboxylic acids is 2. The molecule has 1 atom stereocenters. The maximum atomic E-state index is 13.3. The number of nitrogen functional groups attached to an aromatic ring is 1. The molecule has 0 aromatic heterocycles. The molecule has 5 N–H and O–H groups in total. The summed E-state index contributed by atoms with van der Waals surface area (Å²) in [5.74, 6) is 0.0808. The van der Waals surface area contributed by atoms with Crippen molar-refractivity contribution in [3.05, 3.63) is 109 Å². The first-order valence-corrected chi connectivity index (χ1v) is 12.9. The molecule has 0 saturated heterocycles. The molecular weight excluding hydrogens is 506 g/mol. The maximum Gasteiger partial charge on any atom is 0.412 e. The van der Waals surface area contributed by atoms with E-state index in [1.165, 1.54) is 6.08 Å². The highest BCUT2D eigenvalue weighted by Gasteiger charge is 2.35. The quantitative estimate of drug-likeness (QED) is 0.138. The van der Waals surface area contributed by atoms with Crippen molar-refractivity contribution in [3.8, 4) is 5.75 Å². The number of fused-ring (bicyclic) bond motifs is 1. The van der Waals surface area contributed by atoms with Gasteiger partial charge < -0.3 is 25.6 Å².